The summed E-state index contributed by atoms with van der Waals surface area (Å²) in [6.07, 6.45) is 3.73. The minimum absolute atomic E-state index is 0. The first-order chi connectivity index (χ1) is 14.1. The molecule has 0 unspecified atom stereocenters. The minimum Gasteiger partial charge on any atom is -0.467 e. The molecule has 2 heterocycles. The predicted octanol–water partition coefficient (Wildman–Crippen LogP) is 2.69. The first kappa shape index (κ1) is 24.2. The number of amides is 1. The number of aliphatic imine (C=N–C) groups is 1. The van der Waals surface area contributed by atoms with E-state index in [-0.39, 0.29) is 36.4 Å². The number of halogens is 1. The zero-order valence-corrected chi connectivity index (χ0v) is 20.0. The molecule has 0 spiro atoms. The van der Waals surface area contributed by atoms with Crippen molar-refractivity contribution in [3.05, 3.63) is 60.1 Å². The lowest BCUT2D eigenvalue weighted by molar-refractivity contribution is -0.127. The van der Waals surface area contributed by atoms with Gasteiger partial charge in [-0.25, -0.2) is 4.99 Å². The molecule has 1 fully saturated rings. The summed E-state index contributed by atoms with van der Waals surface area (Å²) in [5.41, 5.74) is 1.35. The molecule has 1 saturated heterocycles. The largest absolute Gasteiger partial charge is 0.467 e. The Bertz CT molecular complexity index is 772. The summed E-state index contributed by atoms with van der Waals surface area (Å²) in [5, 5.41) is 6.77. The van der Waals surface area contributed by atoms with E-state index in [1.165, 1.54) is 5.56 Å². The van der Waals surface area contributed by atoms with Gasteiger partial charge < -0.3 is 20.0 Å². The molecule has 1 aliphatic rings. The van der Waals surface area contributed by atoms with Crippen LogP contribution in [0.3, 0.4) is 0 Å². The average Bonchev–Trinajstić information content (AvgIpc) is 3.25. The van der Waals surface area contributed by atoms with Crippen LogP contribution in [0.4, 0.5) is 0 Å². The molecule has 30 heavy (non-hydrogen) atoms. The highest BCUT2D eigenvalue weighted by Gasteiger charge is 2.20. The molecule has 164 valence electrons. The normalized spacial score (nSPS) is 15.3. The van der Waals surface area contributed by atoms with E-state index in [1.807, 2.05) is 12.1 Å². The van der Waals surface area contributed by atoms with Gasteiger partial charge in [0.2, 0.25) is 5.91 Å². The highest BCUT2D eigenvalue weighted by Crippen LogP contribution is 2.14. The van der Waals surface area contributed by atoms with Crippen molar-refractivity contribution in [3.8, 4) is 0 Å². The minimum atomic E-state index is -0.0261. The third-order valence-electron chi connectivity index (χ3n) is 5.06. The number of likely N-dealkylation sites (tertiary alicyclic amines) is 1. The SMILES string of the molecule is CN(C)C(=O)CN=C(NCc1ccco1)NC1CCN(Cc2ccccc2)CC1.I. The van der Waals surface area contributed by atoms with Gasteiger partial charge in [-0.15, -0.1) is 24.0 Å². The van der Waals surface area contributed by atoms with Crippen LogP contribution in [0, 0.1) is 0 Å². The Morgan fingerprint density at radius 1 is 1.17 bits per heavy atom. The van der Waals surface area contributed by atoms with Crippen LogP contribution >= 0.6 is 24.0 Å². The Kier molecular flexibility index (Phi) is 10.2. The third-order valence-corrected chi connectivity index (χ3v) is 5.06. The molecule has 3 rings (SSSR count). The molecule has 7 nitrogen and oxygen atoms in total. The summed E-state index contributed by atoms with van der Waals surface area (Å²) in [6, 6.07) is 14.7. The summed E-state index contributed by atoms with van der Waals surface area (Å²) in [4.78, 5) is 20.4. The average molecular weight is 525 g/mol. The van der Waals surface area contributed by atoms with Crippen molar-refractivity contribution in [2.24, 2.45) is 4.99 Å². The van der Waals surface area contributed by atoms with Crippen molar-refractivity contribution >= 4 is 35.8 Å². The molecule has 0 atom stereocenters. The number of rotatable bonds is 7. The van der Waals surface area contributed by atoms with E-state index in [9.17, 15) is 4.79 Å². The van der Waals surface area contributed by atoms with Crippen LogP contribution < -0.4 is 10.6 Å². The van der Waals surface area contributed by atoms with Crippen molar-refractivity contribution < 1.29 is 9.21 Å². The topological polar surface area (TPSA) is 73.1 Å². The number of hydrogen-bond acceptors (Lipinski definition) is 4. The predicted molar refractivity (Wildman–Crippen MR) is 130 cm³/mol. The van der Waals surface area contributed by atoms with Crippen LogP contribution in [0.2, 0.25) is 0 Å². The van der Waals surface area contributed by atoms with E-state index in [1.54, 1.807) is 25.3 Å². The highest BCUT2D eigenvalue weighted by molar-refractivity contribution is 14.0. The van der Waals surface area contributed by atoms with Crippen LogP contribution in [0.25, 0.3) is 0 Å². The molecule has 1 aliphatic heterocycles. The lowest BCUT2D eigenvalue weighted by Crippen LogP contribution is -2.48. The van der Waals surface area contributed by atoms with Crippen molar-refractivity contribution in [3.63, 3.8) is 0 Å². The second-order valence-electron chi connectivity index (χ2n) is 7.57. The molecule has 1 amide bonds. The van der Waals surface area contributed by atoms with E-state index in [0.717, 1.165) is 38.2 Å². The summed E-state index contributed by atoms with van der Waals surface area (Å²) in [6.45, 7) is 3.71. The number of nitrogens with one attached hydrogen (secondary N) is 2. The molecule has 0 aliphatic carbocycles. The fourth-order valence-corrected chi connectivity index (χ4v) is 3.30. The van der Waals surface area contributed by atoms with Gasteiger partial charge in [-0.3, -0.25) is 9.69 Å². The molecule has 8 heteroatoms. The first-order valence-corrected chi connectivity index (χ1v) is 10.1. The third kappa shape index (κ3) is 7.98. The van der Waals surface area contributed by atoms with Gasteiger partial charge in [-0.2, -0.15) is 0 Å². The van der Waals surface area contributed by atoms with Crippen molar-refractivity contribution in [1.29, 1.82) is 0 Å². The maximum Gasteiger partial charge on any atom is 0.243 e. The van der Waals surface area contributed by atoms with Crippen molar-refractivity contribution in [1.82, 2.24) is 20.4 Å². The number of likely N-dealkylation sites (N-methyl/N-ethyl adjacent to an activating group) is 1. The van der Waals surface area contributed by atoms with Gasteiger partial charge in [0.05, 0.1) is 12.8 Å². The van der Waals surface area contributed by atoms with E-state index < -0.39 is 0 Å². The van der Waals surface area contributed by atoms with E-state index in [2.05, 4.69) is 50.9 Å². The first-order valence-electron chi connectivity index (χ1n) is 10.1. The maximum atomic E-state index is 11.9. The van der Waals surface area contributed by atoms with Crippen molar-refractivity contribution in [2.75, 3.05) is 33.7 Å². The molecule has 0 bridgehead atoms. The monoisotopic (exact) mass is 525 g/mol. The number of furan rings is 1. The van der Waals surface area contributed by atoms with Gasteiger partial charge in [-0.1, -0.05) is 30.3 Å². The maximum absolute atomic E-state index is 11.9. The number of hydrogen-bond donors (Lipinski definition) is 2. The fraction of sp³-hybridized carbons (Fsp3) is 0.455. The van der Waals surface area contributed by atoms with Gasteiger partial charge in [-0.05, 0) is 30.5 Å². The number of benzene rings is 1. The van der Waals surface area contributed by atoms with Gasteiger partial charge in [0, 0.05) is 39.8 Å². The van der Waals surface area contributed by atoms with Crippen LogP contribution in [0.15, 0.2) is 58.1 Å². The second-order valence-corrected chi connectivity index (χ2v) is 7.57. The number of carbonyl (C=O) groups is 1. The number of guanidine groups is 1. The molecular formula is C22H32IN5O2. The number of carbonyl (C=O) groups excluding carboxylic acids is 1. The van der Waals surface area contributed by atoms with Gasteiger partial charge in [0.1, 0.15) is 12.3 Å². The summed E-state index contributed by atoms with van der Waals surface area (Å²) in [7, 11) is 3.48. The standard InChI is InChI=1S/C22H31N5O2.HI/c1-26(2)21(28)16-24-22(23-15-20-9-6-14-29-20)25-19-10-12-27(13-11-19)17-18-7-4-3-5-8-18;/h3-9,14,19H,10-13,15-17H2,1-2H3,(H2,23,24,25);1H. The smallest absolute Gasteiger partial charge is 0.243 e. The zero-order valence-electron chi connectivity index (χ0n) is 17.7. The summed E-state index contributed by atoms with van der Waals surface area (Å²) in [5.74, 6) is 1.45. The number of nitrogens with zero attached hydrogens (tertiary/aromatic N) is 3. The van der Waals surface area contributed by atoms with Gasteiger partial charge in [0.25, 0.3) is 0 Å². The van der Waals surface area contributed by atoms with Crippen LogP contribution in [-0.4, -0.2) is 61.4 Å². The van der Waals surface area contributed by atoms with Crippen LogP contribution in [-0.2, 0) is 17.9 Å². The van der Waals surface area contributed by atoms with Gasteiger partial charge in [0.15, 0.2) is 5.96 Å². The molecule has 1 aromatic carbocycles. The Labute approximate surface area is 195 Å². The summed E-state index contributed by atoms with van der Waals surface area (Å²) >= 11 is 0. The number of piperidine rings is 1. The highest BCUT2D eigenvalue weighted by atomic mass is 127. The Morgan fingerprint density at radius 2 is 1.90 bits per heavy atom. The van der Waals surface area contributed by atoms with Gasteiger partial charge >= 0.3 is 0 Å². The Hall–Kier alpha value is -2.07. The van der Waals surface area contributed by atoms with Crippen molar-refractivity contribution in [2.45, 2.75) is 32.0 Å². The van der Waals surface area contributed by atoms with Crippen LogP contribution in [0.5, 0.6) is 0 Å². The van der Waals surface area contributed by atoms with Crippen LogP contribution in [0.1, 0.15) is 24.2 Å². The van der Waals surface area contributed by atoms with E-state index in [4.69, 9.17) is 4.42 Å². The molecule has 1 aromatic heterocycles. The molecular weight excluding hydrogens is 493 g/mol. The summed E-state index contributed by atoms with van der Waals surface area (Å²) < 4.78 is 5.38. The molecule has 0 saturated carbocycles. The molecule has 0 radical (unpaired) electrons. The zero-order chi connectivity index (χ0) is 20.5. The fourth-order valence-electron chi connectivity index (χ4n) is 3.30. The Balaban J connectivity index is 0.00000320. The lowest BCUT2D eigenvalue weighted by Gasteiger charge is -2.33. The quantitative estimate of drug-likeness (QED) is 0.331. The van der Waals surface area contributed by atoms with E-state index >= 15 is 0 Å². The molecule has 2 aromatic rings. The Morgan fingerprint density at radius 3 is 2.53 bits per heavy atom. The van der Waals surface area contributed by atoms with E-state index in [0.29, 0.717) is 18.5 Å². The molecule has 2 N–H and O–H groups in total. The second kappa shape index (κ2) is 12.6. The lowest BCUT2D eigenvalue weighted by atomic mass is 10.0.